The van der Waals surface area contributed by atoms with Crippen molar-refractivity contribution in [1.29, 1.82) is 0 Å². The second-order valence-electron chi connectivity index (χ2n) is 6.55. The van der Waals surface area contributed by atoms with Crippen LogP contribution in [0.4, 0.5) is 0 Å². The molecule has 0 aliphatic carbocycles. The minimum atomic E-state index is -1.31. The molecule has 0 aromatic heterocycles. The SMILES string of the molecule is COC(=O)[C@H](O)[C@H]1OC(C)(C)C[C@@H]1[C@H]1COC(C)(C)O1. The average Bonchev–Trinajstić information content (AvgIpc) is 2.86. The molecule has 0 amide bonds. The lowest BCUT2D eigenvalue weighted by Gasteiger charge is -2.26. The number of carbonyl (C=O) groups is 1. The smallest absolute Gasteiger partial charge is 0.337 e. The maximum Gasteiger partial charge on any atom is 0.337 e. The van der Waals surface area contributed by atoms with Crippen molar-refractivity contribution in [3.63, 3.8) is 0 Å². The van der Waals surface area contributed by atoms with Gasteiger partial charge in [-0.05, 0) is 34.1 Å². The van der Waals surface area contributed by atoms with Crippen molar-refractivity contribution in [2.45, 2.75) is 63.8 Å². The van der Waals surface area contributed by atoms with E-state index in [1.54, 1.807) is 0 Å². The van der Waals surface area contributed by atoms with E-state index in [9.17, 15) is 9.90 Å². The van der Waals surface area contributed by atoms with Crippen molar-refractivity contribution in [1.82, 2.24) is 0 Å². The molecule has 0 unspecified atom stereocenters. The molecule has 0 aromatic carbocycles. The fraction of sp³-hybridized carbons (Fsp3) is 0.929. The number of hydrogen-bond acceptors (Lipinski definition) is 6. The number of hydrogen-bond donors (Lipinski definition) is 1. The molecule has 116 valence electrons. The summed E-state index contributed by atoms with van der Waals surface area (Å²) in [6.45, 7) is 8.00. The van der Waals surface area contributed by atoms with Gasteiger partial charge in [-0.1, -0.05) is 0 Å². The van der Waals surface area contributed by atoms with Gasteiger partial charge >= 0.3 is 5.97 Å². The monoisotopic (exact) mass is 288 g/mol. The molecule has 20 heavy (non-hydrogen) atoms. The van der Waals surface area contributed by atoms with E-state index in [2.05, 4.69) is 4.74 Å². The zero-order valence-corrected chi connectivity index (χ0v) is 12.7. The third kappa shape index (κ3) is 3.14. The van der Waals surface area contributed by atoms with Crippen molar-refractivity contribution in [2.75, 3.05) is 13.7 Å². The first kappa shape index (κ1) is 15.7. The van der Waals surface area contributed by atoms with Crippen LogP contribution in [0.1, 0.15) is 34.1 Å². The van der Waals surface area contributed by atoms with Gasteiger partial charge in [-0.3, -0.25) is 0 Å². The first-order valence-electron chi connectivity index (χ1n) is 6.91. The number of aliphatic hydroxyl groups is 1. The maximum absolute atomic E-state index is 11.6. The van der Waals surface area contributed by atoms with Crippen LogP contribution >= 0.6 is 0 Å². The highest BCUT2D eigenvalue weighted by Gasteiger charge is 2.52. The maximum atomic E-state index is 11.6. The molecule has 0 spiro atoms. The van der Waals surface area contributed by atoms with Crippen LogP contribution in [-0.4, -0.2) is 54.5 Å². The highest BCUT2D eigenvalue weighted by molar-refractivity contribution is 5.75. The second-order valence-corrected chi connectivity index (χ2v) is 6.55. The van der Waals surface area contributed by atoms with Crippen molar-refractivity contribution in [3.05, 3.63) is 0 Å². The fourth-order valence-corrected chi connectivity index (χ4v) is 3.01. The molecule has 4 atom stereocenters. The lowest BCUT2D eigenvalue weighted by atomic mass is 9.87. The number of rotatable bonds is 3. The van der Waals surface area contributed by atoms with Gasteiger partial charge in [-0.2, -0.15) is 0 Å². The van der Waals surface area contributed by atoms with Crippen LogP contribution in [0.15, 0.2) is 0 Å². The highest BCUT2D eigenvalue weighted by atomic mass is 16.7. The number of methoxy groups -OCH3 is 1. The van der Waals surface area contributed by atoms with Crippen LogP contribution in [0, 0.1) is 5.92 Å². The second kappa shape index (κ2) is 5.26. The number of esters is 1. The van der Waals surface area contributed by atoms with Crippen molar-refractivity contribution >= 4 is 5.97 Å². The van der Waals surface area contributed by atoms with E-state index in [0.29, 0.717) is 13.0 Å². The predicted molar refractivity (Wildman–Crippen MR) is 70.0 cm³/mol. The standard InChI is InChI=1S/C14H24O6/c1-13(2)6-8(9-7-18-14(3,4)19-9)11(20-13)10(15)12(16)17-5/h8-11,15H,6-7H2,1-5H3/t8-,9-,10-,11+/m1/s1. The third-order valence-electron chi connectivity index (χ3n) is 3.87. The molecule has 0 aromatic rings. The summed E-state index contributed by atoms with van der Waals surface area (Å²) in [5, 5.41) is 10.1. The summed E-state index contributed by atoms with van der Waals surface area (Å²) < 4.78 is 21.9. The minimum absolute atomic E-state index is 0.110. The van der Waals surface area contributed by atoms with Gasteiger partial charge in [0.25, 0.3) is 0 Å². The molecule has 1 N–H and O–H groups in total. The normalized spacial score (nSPS) is 36.8. The van der Waals surface area contributed by atoms with Crippen LogP contribution in [0.5, 0.6) is 0 Å². The van der Waals surface area contributed by atoms with E-state index in [1.807, 2.05) is 27.7 Å². The lowest BCUT2D eigenvalue weighted by molar-refractivity contribution is -0.168. The minimum Gasteiger partial charge on any atom is -0.467 e. The molecule has 0 bridgehead atoms. The Kier molecular flexibility index (Phi) is 4.12. The summed E-state index contributed by atoms with van der Waals surface area (Å²) in [7, 11) is 1.25. The quantitative estimate of drug-likeness (QED) is 0.776. The zero-order valence-electron chi connectivity index (χ0n) is 12.7. The van der Waals surface area contributed by atoms with E-state index in [-0.39, 0.29) is 12.0 Å². The molecular formula is C14H24O6. The summed E-state index contributed by atoms with van der Waals surface area (Å²) in [4.78, 5) is 11.6. The predicted octanol–water partition coefficient (Wildman–Crippen LogP) is 0.855. The van der Waals surface area contributed by atoms with Gasteiger partial charge in [0.1, 0.15) is 6.10 Å². The molecule has 0 saturated carbocycles. The molecule has 2 aliphatic rings. The molecule has 6 nitrogen and oxygen atoms in total. The van der Waals surface area contributed by atoms with Crippen LogP contribution in [0.25, 0.3) is 0 Å². The summed E-state index contributed by atoms with van der Waals surface area (Å²) in [5.74, 6) is -1.44. The average molecular weight is 288 g/mol. The summed E-state index contributed by atoms with van der Waals surface area (Å²) >= 11 is 0. The van der Waals surface area contributed by atoms with E-state index in [0.717, 1.165) is 0 Å². The van der Waals surface area contributed by atoms with Crippen LogP contribution < -0.4 is 0 Å². The first-order valence-corrected chi connectivity index (χ1v) is 6.91. The van der Waals surface area contributed by atoms with E-state index in [1.165, 1.54) is 7.11 Å². The van der Waals surface area contributed by atoms with E-state index < -0.39 is 29.6 Å². The summed E-state index contributed by atoms with van der Waals surface area (Å²) in [5.41, 5.74) is -0.416. The molecule has 2 saturated heterocycles. The Morgan fingerprint density at radius 2 is 1.95 bits per heavy atom. The molecule has 2 fully saturated rings. The number of carbonyl (C=O) groups excluding carboxylic acids is 1. The Morgan fingerprint density at radius 1 is 1.30 bits per heavy atom. The Morgan fingerprint density at radius 3 is 2.45 bits per heavy atom. The lowest BCUT2D eigenvalue weighted by Crippen LogP contribution is -2.43. The van der Waals surface area contributed by atoms with Crippen LogP contribution in [-0.2, 0) is 23.7 Å². The molecule has 2 heterocycles. The molecule has 2 aliphatic heterocycles. The molecule has 2 rings (SSSR count). The van der Waals surface area contributed by atoms with Crippen molar-refractivity contribution in [2.24, 2.45) is 5.92 Å². The number of ether oxygens (including phenoxy) is 4. The molecule has 0 radical (unpaired) electrons. The van der Waals surface area contributed by atoms with E-state index >= 15 is 0 Å². The Balaban J connectivity index is 2.14. The van der Waals surface area contributed by atoms with Gasteiger partial charge in [0, 0.05) is 5.92 Å². The topological polar surface area (TPSA) is 74.2 Å². The fourth-order valence-electron chi connectivity index (χ4n) is 3.01. The Labute approximate surface area is 119 Å². The highest BCUT2D eigenvalue weighted by Crippen LogP contribution is 2.42. The Bertz CT molecular complexity index is 378. The zero-order chi connectivity index (χ0) is 15.1. The summed E-state index contributed by atoms with van der Waals surface area (Å²) in [6.07, 6.45) is -1.45. The third-order valence-corrected chi connectivity index (χ3v) is 3.87. The van der Waals surface area contributed by atoms with Crippen LogP contribution in [0.2, 0.25) is 0 Å². The van der Waals surface area contributed by atoms with Gasteiger partial charge in [0.2, 0.25) is 0 Å². The van der Waals surface area contributed by atoms with Gasteiger partial charge in [0.15, 0.2) is 11.9 Å². The molecule has 6 heteroatoms. The van der Waals surface area contributed by atoms with Crippen molar-refractivity contribution < 1.29 is 28.8 Å². The Hall–Kier alpha value is -0.690. The van der Waals surface area contributed by atoms with Gasteiger partial charge in [-0.15, -0.1) is 0 Å². The molecular weight excluding hydrogens is 264 g/mol. The van der Waals surface area contributed by atoms with E-state index in [4.69, 9.17) is 14.2 Å². The van der Waals surface area contributed by atoms with Gasteiger partial charge < -0.3 is 24.1 Å². The van der Waals surface area contributed by atoms with Gasteiger partial charge in [-0.25, -0.2) is 4.79 Å². The first-order chi connectivity index (χ1) is 9.15. The van der Waals surface area contributed by atoms with Crippen molar-refractivity contribution in [3.8, 4) is 0 Å². The summed E-state index contributed by atoms with van der Waals surface area (Å²) in [6, 6.07) is 0. The number of aliphatic hydroxyl groups excluding tert-OH is 1. The van der Waals surface area contributed by atoms with Crippen LogP contribution in [0.3, 0.4) is 0 Å². The largest absolute Gasteiger partial charge is 0.467 e. The van der Waals surface area contributed by atoms with Gasteiger partial charge in [0.05, 0.1) is 25.4 Å².